The lowest BCUT2D eigenvalue weighted by Crippen LogP contribution is -2.48. The molecule has 1 aliphatic rings. The molecule has 2 heterocycles. The van der Waals surface area contributed by atoms with E-state index in [1.54, 1.807) is 23.1 Å². The first-order valence-electron chi connectivity index (χ1n) is 8.72. The van der Waals surface area contributed by atoms with E-state index >= 15 is 0 Å². The van der Waals surface area contributed by atoms with E-state index in [4.69, 9.17) is 11.6 Å². The fourth-order valence-corrected chi connectivity index (χ4v) is 4.07. The van der Waals surface area contributed by atoms with E-state index < -0.39 is 11.7 Å². The lowest BCUT2D eigenvalue weighted by atomic mass is 10.1. The van der Waals surface area contributed by atoms with E-state index in [1.165, 1.54) is 17.4 Å². The van der Waals surface area contributed by atoms with E-state index in [-0.39, 0.29) is 24.5 Å². The number of benzene rings is 1. The van der Waals surface area contributed by atoms with Gasteiger partial charge in [-0.25, -0.2) is 0 Å². The van der Waals surface area contributed by atoms with Gasteiger partial charge in [-0.05, 0) is 30.3 Å². The summed E-state index contributed by atoms with van der Waals surface area (Å²) in [6.07, 6.45) is -4.16. The van der Waals surface area contributed by atoms with Crippen molar-refractivity contribution in [1.82, 2.24) is 4.90 Å². The number of nitrogens with zero attached hydrogens (tertiary/aromatic N) is 2. The van der Waals surface area contributed by atoms with E-state index in [0.29, 0.717) is 41.1 Å². The third-order valence-corrected chi connectivity index (χ3v) is 5.86. The molecule has 1 aliphatic heterocycles. The first kappa shape index (κ1) is 20.7. The van der Waals surface area contributed by atoms with Crippen LogP contribution in [0, 0.1) is 0 Å². The molecule has 1 amide bonds. The molecule has 0 radical (unpaired) electrons. The number of rotatable bonds is 5. The summed E-state index contributed by atoms with van der Waals surface area (Å²) in [5.41, 5.74) is -0.192. The first-order chi connectivity index (χ1) is 13.2. The predicted molar refractivity (Wildman–Crippen MR) is 103 cm³/mol. The second kappa shape index (κ2) is 8.53. The maximum Gasteiger partial charge on any atom is 0.416 e. The molecule has 0 unspecified atom stereocenters. The fraction of sp³-hybridized carbons (Fsp3) is 0.368. The second-order valence-corrected chi connectivity index (χ2v) is 8.16. The molecular weight excluding hydrogens is 413 g/mol. The van der Waals surface area contributed by atoms with Crippen molar-refractivity contribution in [3.05, 3.63) is 51.2 Å². The number of hydrogen-bond acceptors (Lipinski definition) is 4. The summed E-state index contributed by atoms with van der Waals surface area (Å²) in [5, 5.41) is 0. The van der Waals surface area contributed by atoms with Gasteiger partial charge < -0.3 is 9.80 Å². The van der Waals surface area contributed by atoms with Crippen LogP contribution in [0.4, 0.5) is 18.9 Å². The van der Waals surface area contributed by atoms with Crippen molar-refractivity contribution < 1.29 is 22.8 Å². The Bertz CT molecular complexity index is 861. The standard InChI is InChI=1S/C19H18ClF3N2O2S/c20-17-6-5-16(28-17)15(26)4-7-18(27)25-10-8-24(9-11-25)14-3-1-2-13(12-14)19(21,22)23/h1-3,5-6,12H,4,7-11H2. The van der Waals surface area contributed by atoms with Gasteiger partial charge in [0, 0.05) is 44.7 Å². The fourth-order valence-electron chi connectivity index (χ4n) is 3.06. The highest BCUT2D eigenvalue weighted by molar-refractivity contribution is 7.18. The smallest absolute Gasteiger partial charge is 0.368 e. The number of thiophene rings is 1. The van der Waals surface area contributed by atoms with Gasteiger partial charge in [-0.15, -0.1) is 11.3 Å². The van der Waals surface area contributed by atoms with E-state index in [9.17, 15) is 22.8 Å². The number of ketones is 1. The molecule has 0 spiro atoms. The van der Waals surface area contributed by atoms with Gasteiger partial charge in [0.2, 0.25) is 5.91 Å². The van der Waals surface area contributed by atoms with Crippen LogP contribution in [0.25, 0.3) is 0 Å². The molecule has 9 heteroatoms. The Hall–Kier alpha value is -2.06. The van der Waals surface area contributed by atoms with Crippen LogP contribution in [0.5, 0.6) is 0 Å². The molecule has 150 valence electrons. The van der Waals surface area contributed by atoms with E-state index in [1.807, 2.05) is 4.90 Å². The molecule has 2 aromatic rings. The van der Waals surface area contributed by atoms with Gasteiger partial charge >= 0.3 is 6.18 Å². The number of Topliss-reactive ketones (excluding diaryl/α,β-unsaturated/α-hetero) is 1. The van der Waals surface area contributed by atoms with Crippen LogP contribution in [0.2, 0.25) is 4.34 Å². The Morgan fingerprint density at radius 3 is 2.36 bits per heavy atom. The predicted octanol–water partition coefficient (Wildman–Crippen LogP) is 4.73. The average molecular weight is 431 g/mol. The lowest BCUT2D eigenvalue weighted by molar-refractivity contribution is -0.137. The van der Waals surface area contributed by atoms with Crippen LogP contribution in [0.1, 0.15) is 28.1 Å². The SMILES string of the molecule is O=C(CCC(=O)N1CCN(c2cccc(C(F)(F)F)c2)CC1)c1ccc(Cl)s1. The number of alkyl halides is 3. The summed E-state index contributed by atoms with van der Waals surface area (Å²) in [4.78, 5) is 28.4. The minimum atomic E-state index is -4.38. The Labute approximate surface area is 169 Å². The number of carbonyl (C=O) groups is 2. The molecule has 28 heavy (non-hydrogen) atoms. The topological polar surface area (TPSA) is 40.6 Å². The van der Waals surface area contributed by atoms with Crippen LogP contribution in [-0.4, -0.2) is 42.8 Å². The van der Waals surface area contributed by atoms with Crippen LogP contribution in [0.15, 0.2) is 36.4 Å². The van der Waals surface area contributed by atoms with Gasteiger partial charge in [0.15, 0.2) is 5.78 Å². The lowest BCUT2D eigenvalue weighted by Gasteiger charge is -2.36. The van der Waals surface area contributed by atoms with Gasteiger partial charge in [0.05, 0.1) is 14.8 Å². The van der Waals surface area contributed by atoms with Crippen molar-refractivity contribution in [3.63, 3.8) is 0 Å². The highest BCUT2D eigenvalue weighted by Crippen LogP contribution is 2.32. The highest BCUT2D eigenvalue weighted by atomic mass is 35.5. The average Bonchev–Trinajstić information content (AvgIpc) is 3.12. The number of carbonyl (C=O) groups excluding carboxylic acids is 2. The minimum Gasteiger partial charge on any atom is -0.368 e. The largest absolute Gasteiger partial charge is 0.416 e. The molecule has 1 fully saturated rings. The zero-order chi connectivity index (χ0) is 20.3. The molecule has 0 N–H and O–H groups in total. The van der Waals surface area contributed by atoms with Gasteiger partial charge in [0.25, 0.3) is 0 Å². The third kappa shape index (κ3) is 5.05. The zero-order valence-electron chi connectivity index (χ0n) is 14.8. The number of amides is 1. The van der Waals surface area contributed by atoms with Crippen molar-refractivity contribution in [2.45, 2.75) is 19.0 Å². The number of halogens is 4. The molecular formula is C19H18ClF3N2O2S. The van der Waals surface area contributed by atoms with Crippen molar-refractivity contribution in [2.24, 2.45) is 0 Å². The van der Waals surface area contributed by atoms with Crippen LogP contribution < -0.4 is 4.90 Å². The van der Waals surface area contributed by atoms with Crippen LogP contribution >= 0.6 is 22.9 Å². The van der Waals surface area contributed by atoms with Gasteiger partial charge in [-0.1, -0.05) is 17.7 Å². The minimum absolute atomic E-state index is 0.109. The van der Waals surface area contributed by atoms with Gasteiger partial charge in [-0.3, -0.25) is 9.59 Å². The normalized spacial score (nSPS) is 15.0. The summed E-state index contributed by atoms with van der Waals surface area (Å²) < 4.78 is 39.1. The third-order valence-electron chi connectivity index (χ3n) is 4.58. The number of hydrogen-bond donors (Lipinski definition) is 0. The summed E-state index contributed by atoms with van der Waals surface area (Å²) >= 11 is 7.00. The van der Waals surface area contributed by atoms with Gasteiger partial charge in [0.1, 0.15) is 0 Å². The maximum absolute atomic E-state index is 12.9. The molecule has 0 aliphatic carbocycles. The summed E-state index contributed by atoms with van der Waals surface area (Å²) in [5.74, 6) is -0.243. The molecule has 1 saturated heterocycles. The van der Waals surface area contributed by atoms with Gasteiger partial charge in [-0.2, -0.15) is 13.2 Å². The monoisotopic (exact) mass is 430 g/mol. The number of piperazine rings is 1. The zero-order valence-corrected chi connectivity index (χ0v) is 16.4. The Morgan fingerprint density at radius 2 is 1.75 bits per heavy atom. The van der Waals surface area contributed by atoms with E-state index in [0.717, 1.165) is 12.1 Å². The Morgan fingerprint density at radius 1 is 1.04 bits per heavy atom. The van der Waals surface area contributed by atoms with Crippen molar-refractivity contribution in [3.8, 4) is 0 Å². The first-order valence-corrected chi connectivity index (χ1v) is 9.92. The van der Waals surface area contributed by atoms with Crippen molar-refractivity contribution in [1.29, 1.82) is 0 Å². The molecule has 0 saturated carbocycles. The molecule has 1 aromatic carbocycles. The highest BCUT2D eigenvalue weighted by Gasteiger charge is 2.31. The summed E-state index contributed by atoms with van der Waals surface area (Å²) in [6, 6.07) is 8.49. The molecule has 0 bridgehead atoms. The molecule has 3 rings (SSSR count). The molecule has 4 nitrogen and oxygen atoms in total. The van der Waals surface area contributed by atoms with Crippen molar-refractivity contribution in [2.75, 3.05) is 31.1 Å². The quantitative estimate of drug-likeness (QED) is 0.644. The molecule has 1 aromatic heterocycles. The maximum atomic E-state index is 12.9. The van der Waals surface area contributed by atoms with Crippen molar-refractivity contribution >= 4 is 40.3 Å². The van der Waals surface area contributed by atoms with Crippen LogP contribution in [0.3, 0.4) is 0 Å². The summed E-state index contributed by atoms with van der Waals surface area (Å²) in [7, 11) is 0. The Balaban J connectivity index is 1.51. The Kier molecular flexibility index (Phi) is 6.30. The number of anilines is 1. The molecule has 0 atom stereocenters. The van der Waals surface area contributed by atoms with E-state index in [2.05, 4.69) is 0 Å². The van der Waals surface area contributed by atoms with Crippen LogP contribution in [-0.2, 0) is 11.0 Å². The summed E-state index contributed by atoms with van der Waals surface area (Å²) in [6.45, 7) is 1.71. The second-order valence-electron chi connectivity index (χ2n) is 6.44.